The summed E-state index contributed by atoms with van der Waals surface area (Å²) in [5, 5.41) is 4.42. The van der Waals surface area contributed by atoms with Crippen LogP contribution in [0.5, 0.6) is 0 Å². The summed E-state index contributed by atoms with van der Waals surface area (Å²) in [6.45, 7) is 5.40. The van der Waals surface area contributed by atoms with Gasteiger partial charge in [-0.1, -0.05) is 12.1 Å². The third kappa shape index (κ3) is 4.47. The van der Waals surface area contributed by atoms with Crippen LogP contribution in [-0.2, 0) is 24.8 Å². The molecule has 0 radical (unpaired) electrons. The van der Waals surface area contributed by atoms with Crippen molar-refractivity contribution in [1.29, 1.82) is 0 Å². The number of halogens is 1. The molecule has 3 rings (SSSR count). The van der Waals surface area contributed by atoms with E-state index in [9.17, 15) is 9.18 Å². The number of carbonyl (C=O) groups excluding carboxylic acids is 1. The number of nitrogens with zero attached hydrogens (tertiary/aromatic N) is 3. The van der Waals surface area contributed by atoms with Crippen LogP contribution >= 0.6 is 0 Å². The lowest BCUT2D eigenvalue weighted by Crippen LogP contribution is -2.32. The lowest BCUT2D eigenvalue weighted by molar-refractivity contribution is -0.132. The summed E-state index contributed by atoms with van der Waals surface area (Å²) in [4.78, 5) is 14.7. The lowest BCUT2D eigenvalue weighted by Gasteiger charge is -2.23. The molecule has 0 aliphatic heterocycles. The van der Waals surface area contributed by atoms with Crippen molar-refractivity contribution in [3.8, 4) is 0 Å². The van der Waals surface area contributed by atoms with E-state index in [1.807, 2.05) is 30.5 Å². The molecule has 2 aromatic rings. The minimum absolute atomic E-state index is 0.166. The standard InChI is InChI=1S/C20H26FN3O/c1-14-19(15(2)23(3)22-14)10-11-20(25)24(12-16-4-5-16)13-17-6-8-18(21)9-7-17/h6-9,16H,4-5,10-13H2,1-3H3. The van der Waals surface area contributed by atoms with Crippen molar-refractivity contribution in [3.05, 3.63) is 52.6 Å². The Labute approximate surface area is 148 Å². The van der Waals surface area contributed by atoms with Gasteiger partial charge in [-0.15, -0.1) is 0 Å². The van der Waals surface area contributed by atoms with Gasteiger partial charge in [-0.2, -0.15) is 5.10 Å². The largest absolute Gasteiger partial charge is 0.338 e. The maximum atomic E-state index is 13.1. The topological polar surface area (TPSA) is 38.1 Å². The number of aromatic nitrogens is 2. The number of hydrogen-bond donors (Lipinski definition) is 0. The summed E-state index contributed by atoms with van der Waals surface area (Å²) in [6.07, 6.45) is 3.61. The molecule has 1 aliphatic carbocycles. The van der Waals surface area contributed by atoms with Gasteiger partial charge in [0.2, 0.25) is 5.91 Å². The molecule has 1 saturated carbocycles. The first-order valence-electron chi connectivity index (χ1n) is 8.95. The summed E-state index contributed by atoms with van der Waals surface area (Å²) in [6, 6.07) is 6.44. The number of rotatable bonds is 7. The smallest absolute Gasteiger partial charge is 0.223 e. The number of carbonyl (C=O) groups is 1. The fourth-order valence-electron chi connectivity index (χ4n) is 3.25. The summed E-state index contributed by atoms with van der Waals surface area (Å²) in [5.41, 5.74) is 4.27. The highest BCUT2D eigenvalue weighted by molar-refractivity contribution is 5.76. The van der Waals surface area contributed by atoms with Crippen LogP contribution in [0.15, 0.2) is 24.3 Å². The van der Waals surface area contributed by atoms with Gasteiger partial charge in [0.05, 0.1) is 5.69 Å². The fraction of sp³-hybridized carbons (Fsp3) is 0.500. The fourth-order valence-corrected chi connectivity index (χ4v) is 3.25. The van der Waals surface area contributed by atoms with Crippen LogP contribution in [0.25, 0.3) is 0 Å². The first-order chi connectivity index (χ1) is 11.9. The van der Waals surface area contributed by atoms with Gasteiger partial charge in [0.25, 0.3) is 0 Å². The number of benzene rings is 1. The van der Waals surface area contributed by atoms with Crippen LogP contribution in [0, 0.1) is 25.6 Å². The van der Waals surface area contributed by atoms with Crippen LogP contribution in [0.4, 0.5) is 4.39 Å². The normalized spacial score (nSPS) is 13.9. The molecule has 0 N–H and O–H groups in total. The van der Waals surface area contributed by atoms with Gasteiger partial charge in [0.1, 0.15) is 5.82 Å². The molecule has 1 amide bonds. The third-order valence-electron chi connectivity index (χ3n) is 5.06. The lowest BCUT2D eigenvalue weighted by atomic mass is 10.1. The molecule has 1 aromatic carbocycles. The Kier molecular flexibility index (Phi) is 5.21. The summed E-state index contributed by atoms with van der Waals surface area (Å²) >= 11 is 0. The molecule has 25 heavy (non-hydrogen) atoms. The van der Waals surface area contributed by atoms with Gasteiger partial charge in [-0.25, -0.2) is 4.39 Å². The molecule has 0 atom stereocenters. The first kappa shape index (κ1) is 17.6. The number of hydrogen-bond acceptors (Lipinski definition) is 2. The summed E-state index contributed by atoms with van der Waals surface area (Å²) in [5.74, 6) is 0.552. The molecular weight excluding hydrogens is 317 g/mol. The second-order valence-corrected chi connectivity index (χ2v) is 7.12. The van der Waals surface area contributed by atoms with E-state index >= 15 is 0 Å². The van der Waals surface area contributed by atoms with Crippen molar-refractivity contribution in [2.45, 2.75) is 46.1 Å². The monoisotopic (exact) mass is 343 g/mol. The van der Waals surface area contributed by atoms with Crippen LogP contribution < -0.4 is 0 Å². The predicted octanol–water partition coefficient (Wildman–Crippen LogP) is 3.55. The Hall–Kier alpha value is -2.17. The van der Waals surface area contributed by atoms with E-state index in [4.69, 9.17) is 0 Å². The van der Waals surface area contributed by atoms with Crippen molar-refractivity contribution in [3.63, 3.8) is 0 Å². The quantitative estimate of drug-likeness (QED) is 0.771. The maximum absolute atomic E-state index is 13.1. The van der Waals surface area contributed by atoms with E-state index in [0.717, 1.165) is 29.9 Å². The Bertz CT molecular complexity index is 747. The van der Waals surface area contributed by atoms with E-state index in [1.54, 1.807) is 12.1 Å². The highest BCUT2D eigenvalue weighted by Gasteiger charge is 2.27. The van der Waals surface area contributed by atoms with E-state index < -0.39 is 0 Å². The Morgan fingerprint density at radius 1 is 1.28 bits per heavy atom. The van der Waals surface area contributed by atoms with Gasteiger partial charge in [0, 0.05) is 32.3 Å². The molecule has 134 valence electrons. The molecule has 1 fully saturated rings. The van der Waals surface area contributed by atoms with Crippen LogP contribution in [0.1, 0.15) is 41.8 Å². The van der Waals surface area contributed by atoms with Crippen LogP contribution in [-0.4, -0.2) is 27.1 Å². The van der Waals surface area contributed by atoms with Crippen molar-refractivity contribution < 1.29 is 9.18 Å². The second kappa shape index (κ2) is 7.38. The average Bonchev–Trinajstić information content (AvgIpc) is 3.35. The molecule has 0 bridgehead atoms. The Balaban J connectivity index is 1.65. The van der Waals surface area contributed by atoms with Gasteiger partial charge in [-0.05, 0) is 62.3 Å². The van der Waals surface area contributed by atoms with Crippen LogP contribution in [0.2, 0.25) is 0 Å². The van der Waals surface area contributed by atoms with E-state index in [0.29, 0.717) is 18.9 Å². The average molecular weight is 343 g/mol. The molecule has 1 heterocycles. The van der Waals surface area contributed by atoms with E-state index in [-0.39, 0.29) is 11.7 Å². The zero-order chi connectivity index (χ0) is 18.0. The highest BCUT2D eigenvalue weighted by Crippen LogP contribution is 2.30. The zero-order valence-electron chi connectivity index (χ0n) is 15.3. The van der Waals surface area contributed by atoms with E-state index in [1.165, 1.54) is 30.5 Å². The van der Waals surface area contributed by atoms with Gasteiger partial charge in [0.15, 0.2) is 0 Å². The van der Waals surface area contributed by atoms with Crippen LogP contribution in [0.3, 0.4) is 0 Å². The molecule has 5 heteroatoms. The number of aryl methyl sites for hydroxylation is 2. The van der Waals surface area contributed by atoms with Crippen molar-refractivity contribution >= 4 is 5.91 Å². The van der Waals surface area contributed by atoms with E-state index in [2.05, 4.69) is 5.10 Å². The van der Waals surface area contributed by atoms with Crippen molar-refractivity contribution in [2.75, 3.05) is 6.54 Å². The molecule has 1 aromatic heterocycles. The molecule has 0 saturated heterocycles. The zero-order valence-corrected chi connectivity index (χ0v) is 15.3. The summed E-state index contributed by atoms with van der Waals surface area (Å²) in [7, 11) is 1.93. The Morgan fingerprint density at radius 3 is 2.52 bits per heavy atom. The minimum atomic E-state index is -0.244. The van der Waals surface area contributed by atoms with Gasteiger partial charge < -0.3 is 4.90 Å². The molecule has 1 aliphatic rings. The second-order valence-electron chi connectivity index (χ2n) is 7.12. The predicted molar refractivity (Wildman–Crippen MR) is 95.5 cm³/mol. The summed E-state index contributed by atoms with van der Waals surface area (Å²) < 4.78 is 15.0. The number of amides is 1. The van der Waals surface area contributed by atoms with Gasteiger partial charge >= 0.3 is 0 Å². The molecule has 4 nitrogen and oxygen atoms in total. The van der Waals surface area contributed by atoms with Crippen molar-refractivity contribution in [1.82, 2.24) is 14.7 Å². The SMILES string of the molecule is Cc1nn(C)c(C)c1CCC(=O)N(Cc1ccc(F)cc1)CC1CC1. The van der Waals surface area contributed by atoms with Gasteiger partial charge in [-0.3, -0.25) is 9.48 Å². The third-order valence-corrected chi connectivity index (χ3v) is 5.06. The Morgan fingerprint density at radius 2 is 1.96 bits per heavy atom. The first-order valence-corrected chi connectivity index (χ1v) is 8.95. The highest BCUT2D eigenvalue weighted by atomic mass is 19.1. The maximum Gasteiger partial charge on any atom is 0.223 e. The molecule has 0 unspecified atom stereocenters. The van der Waals surface area contributed by atoms with Crippen molar-refractivity contribution in [2.24, 2.45) is 13.0 Å². The molecular formula is C20H26FN3O. The molecule has 0 spiro atoms. The minimum Gasteiger partial charge on any atom is -0.338 e.